The van der Waals surface area contributed by atoms with Crippen molar-refractivity contribution < 1.29 is 0 Å². The van der Waals surface area contributed by atoms with E-state index >= 15 is 0 Å². The first-order valence-electron chi connectivity index (χ1n) is 5.40. The van der Waals surface area contributed by atoms with Gasteiger partial charge in [-0.3, -0.25) is 4.99 Å². The van der Waals surface area contributed by atoms with Crippen molar-refractivity contribution >= 4 is 6.21 Å². The van der Waals surface area contributed by atoms with Crippen LogP contribution in [0.5, 0.6) is 0 Å². The van der Waals surface area contributed by atoms with E-state index in [1.807, 2.05) is 6.21 Å². The number of hydrogen-bond acceptors (Lipinski definition) is 1. The van der Waals surface area contributed by atoms with Crippen molar-refractivity contribution in [3.63, 3.8) is 0 Å². The van der Waals surface area contributed by atoms with Gasteiger partial charge in [-0.2, -0.15) is 0 Å². The van der Waals surface area contributed by atoms with Crippen LogP contribution in [0, 0.1) is 0 Å². The van der Waals surface area contributed by atoms with Crippen LogP contribution < -0.4 is 0 Å². The minimum atomic E-state index is 0.398. The van der Waals surface area contributed by atoms with Crippen LogP contribution >= 0.6 is 0 Å². The van der Waals surface area contributed by atoms with Crippen molar-refractivity contribution in [1.82, 2.24) is 0 Å². The normalized spacial score (nSPS) is 26.9. The summed E-state index contributed by atoms with van der Waals surface area (Å²) in [6.07, 6.45) is 11.8. The molecule has 1 aliphatic carbocycles. The molecule has 0 aromatic heterocycles. The highest BCUT2D eigenvalue weighted by molar-refractivity contribution is 5.84. The lowest BCUT2D eigenvalue weighted by molar-refractivity contribution is 0.615. The van der Waals surface area contributed by atoms with Crippen LogP contribution in [0.15, 0.2) is 53.6 Å². The average Bonchev–Trinajstić information content (AvgIpc) is 2.54. The summed E-state index contributed by atoms with van der Waals surface area (Å²) < 4.78 is 0. The smallest absolute Gasteiger partial charge is 0.0637 e. The van der Waals surface area contributed by atoms with Crippen molar-refractivity contribution in [3.8, 4) is 0 Å². The molecule has 3 rings (SSSR count). The molecule has 1 aliphatic heterocycles. The van der Waals surface area contributed by atoms with Crippen LogP contribution in [0.4, 0.5) is 0 Å². The molecule has 74 valence electrons. The van der Waals surface area contributed by atoms with E-state index in [2.05, 4.69) is 53.6 Å². The Hall–Kier alpha value is -1.63. The maximum atomic E-state index is 4.63. The summed E-state index contributed by atoms with van der Waals surface area (Å²) in [5.41, 5.74) is 2.68. The number of nitrogens with zero attached hydrogens (tertiary/aromatic N) is 1. The largest absolute Gasteiger partial charge is 0.288 e. The van der Waals surface area contributed by atoms with Gasteiger partial charge in [-0.25, -0.2) is 0 Å². The molecular weight excluding hydrogens is 182 g/mol. The van der Waals surface area contributed by atoms with Gasteiger partial charge in [0, 0.05) is 12.1 Å². The molecule has 0 fully saturated rings. The second-order valence-corrected chi connectivity index (χ2v) is 4.05. The number of allylic oxidation sites excluding steroid dienone is 2. The fourth-order valence-electron chi connectivity index (χ4n) is 2.33. The molecule has 1 nitrogen and oxygen atoms in total. The lowest BCUT2D eigenvalue weighted by Gasteiger charge is -2.25. The van der Waals surface area contributed by atoms with Crippen molar-refractivity contribution in [1.29, 1.82) is 0 Å². The lowest BCUT2D eigenvalue weighted by atomic mass is 9.85. The Morgan fingerprint density at radius 3 is 3.07 bits per heavy atom. The van der Waals surface area contributed by atoms with Gasteiger partial charge in [0.25, 0.3) is 0 Å². The summed E-state index contributed by atoms with van der Waals surface area (Å²) in [7, 11) is 0. The van der Waals surface area contributed by atoms with Gasteiger partial charge < -0.3 is 0 Å². The fourth-order valence-corrected chi connectivity index (χ4v) is 2.33. The minimum Gasteiger partial charge on any atom is -0.288 e. The lowest BCUT2D eigenvalue weighted by Crippen LogP contribution is -2.19. The number of hydrogen-bond donors (Lipinski definition) is 0. The van der Waals surface area contributed by atoms with E-state index < -0.39 is 0 Å². The van der Waals surface area contributed by atoms with Crippen LogP contribution in [-0.2, 0) is 0 Å². The van der Waals surface area contributed by atoms with E-state index in [4.69, 9.17) is 0 Å². The average molecular weight is 195 g/mol. The molecule has 1 heterocycles. The molecule has 0 spiro atoms. The Balaban J connectivity index is 2.10. The highest BCUT2D eigenvalue weighted by atomic mass is 14.8. The fraction of sp³-hybridized carbons (Fsp3) is 0.214. The predicted molar refractivity (Wildman–Crippen MR) is 63.5 cm³/mol. The maximum absolute atomic E-state index is 4.63. The van der Waals surface area contributed by atoms with Crippen molar-refractivity contribution in [2.75, 3.05) is 0 Å². The van der Waals surface area contributed by atoms with Gasteiger partial charge >= 0.3 is 0 Å². The van der Waals surface area contributed by atoms with E-state index in [0.29, 0.717) is 12.0 Å². The van der Waals surface area contributed by atoms with Crippen LogP contribution in [0.2, 0.25) is 0 Å². The monoisotopic (exact) mass is 195 g/mol. The first-order valence-corrected chi connectivity index (χ1v) is 5.40. The third-order valence-electron chi connectivity index (χ3n) is 3.12. The highest BCUT2D eigenvalue weighted by Crippen LogP contribution is 2.32. The molecule has 0 N–H and O–H groups in total. The van der Waals surface area contributed by atoms with Gasteiger partial charge in [-0.1, -0.05) is 48.6 Å². The SMILES string of the molecule is C1=CCC2N=Cc3ccccc3C2C=C1. The Labute approximate surface area is 89.9 Å². The van der Waals surface area contributed by atoms with Crippen LogP contribution in [-0.4, -0.2) is 12.3 Å². The van der Waals surface area contributed by atoms with Gasteiger partial charge in [0.05, 0.1) is 6.04 Å². The Morgan fingerprint density at radius 2 is 2.07 bits per heavy atom. The molecule has 1 heteroatoms. The van der Waals surface area contributed by atoms with Crippen molar-refractivity contribution in [2.24, 2.45) is 4.99 Å². The molecule has 2 aliphatic rings. The second-order valence-electron chi connectivity index (χ2n) is 4.05. The van der Waals surface area contributed by atoms with E-state index in [1.54, 1.807) is 0 Å². The van der Waals surface area contributed by atoms with Crippen molar-refractivity contribution in [3.05, 3.63) is 59.7 Å². The van der Waals surface area contributed by atoms with Crippen molar-refractivity contribution in [2.45, 2.75) is 18.4 Å². The molecule has 0 radical (unpaired) electrons. The molecule has 1 aromatic carbocycles. The molecular formula is C14H13N. The van der Waals surface area contributed by atoms with Gasteiger partial charge in [-0.15, -0.1) is 0 Å². The topological polar surface area (TPSA) is 12.4 Å². The quantitative estimate of drug-likeness (QED) is 0.603. The number of rotatable bonds is 0. The van der Waals surface area contributed by atoms with E-state index in [1.165, 1.54) is 11.1 Å². The molecule has 2 atom stereocenters. The van der Waals surface area contributed by atoms with Crippen LogP contribution in [0.3, 0.4) is 0 Å². The molecule has 0 amide bonds. The van der Waals surface area contributed by atoms with Crippen LogP contribution in [0.1, 0.15) is 23.5 Å². The van der Waals surface area contributed by atoms with E-state index in [0.717, 1.165) is 6.42 Å². The molecule has 0 saturated carbocycles. The number of aliphatic imine (C=N–C) groups is 1. The summed E-state index contributed by atoms with van der Waals surface area (Å²) in [6.45, 7) is 0. The summed E-state index contributed by atoms with van der Waals surface area (Å²) in [4.78, 5) is 4.63. The first-order chi connectivity index (χ1) is 7.45. The zero-order valence-corrected chi connectivity index (χ0v) is 8.51. The minimum absolute atomic E-state index is 0.398. The Kier molecular flexibility index (Phi) is 2.02. The summed E-state index contributed by atoms with van der Waals surface area (Å²) >= 11 is 0. The van der Waals surface area contributed by atoms with Gasteiger partial charge in [-0.05, 0) is 17.5 Å². The first kappa shape index (κ1) is 8.66. The van der Waals surface area contributed by atoms with Gasteiger partial charge in [0.15, 0.2) is 0 Å². The Morgan fingerprint density at radius 1 is 1.13 bits per heavy atom. The third kappa shape index (κ3) is 1.44. The zero-order chi connectivity index (χ0) is 10.1. The summed E-state index contributed by atoms with van der Waals surface area (Å²) in [5.74, 6) is 0.459. The van der Waals surface area contributed by atoms with E-state index in [-0.39, 0.29) is 0 Å². The predicted octanol–water partition coefficient (Wildman–Crippen LogP) is 3.09. The number of fused-ring (bicyclic) bond motifs is 3. The van der Waals surface area contributed by atoms with Crippen LogP contribution in [0.25, 0.3) is 0 Å². The molecule has 1 aromatic rings. The molecule has 0 bridgehead atoms. The second kappa shape index (κ2) is 3.50. The molecule has 0 saturated heterocycles. The molecule has 15 heavy (non-hydrogen) atoms. The highest BCUT2D eigenvalue weighted by Gasteiger charge is 2.24. The van der Waals surface area contributed by atoms with Gasteiger partial charge in [0.1, 0.15) is 0 Å². The molecule has 2 unspecified atom stereocenters. The third-order valence-corrected chi connectivity index (χ3v) is 3.12. The summed E-state index contributed by atoms with van der Waals surface area (Å²) in [5, 5.41) is 0. The zero-order valence-electron chi connectivity index (χ0n) is 8.51. The standard InChI is InChI=1S/C14H13N/c1-2-8-13-12-7-5-4-6-11(12)10-15-14(13)9-3-1/h1-8,10,13-14H,9H2. The summed E-state index contributed by atoms with van der Waals surface area (Å²) in [6, 6.07) is 8.94. The number of benzene rings is 1. The van der Waals surface area contributed by atoms with Gasteiger partial charge in [0.2, 0.25) is 0 Å². The van der Waals surface area contributed by atoms with E-state index in [9.17, 15) is 0 Å². The maximum Gasteiger partial charge on any atom is 0.0637 e. The Bertz CT molecular complexity index is 454.